The van der Waals surface area contributed by atoms with E-state index in [1.54, 1.807) is 0 Å². The zero-order chi connectivity index (χ0) is 36.0. The largest absolute Gasteiger partial charge is 0.455 e. The van der Waals surface area contributed by atoms with Gasteiger partial charge in [0.25, 0.3) is 0 Å². The molecule has 0 spiro atoms. The van der Waals surface area contributed by atoms with Crippen LogP contribution in [0.1, 0.15) is 0 Å². The highest BCUT2D eigenvalue weighted by Gasteiger charge is 2.19. The molecule has 0 saturated carbocycles. The third-order valence-electron chi connectivity index (χ3n) is 11.8. The molecular weight excluding hydrogens is 665 g/mol. The van der Waals surface area contributed by atoms with Crippen LogP contribution in [0.5, 0.6) is 0 Å². The molecule has 0 unspecified atom stereocenters. The van der Waals surface area contributed by atoms with E-state index in [0.717, 1.165) is 27.3 Å². The van der Waals surface area contributed by atoms with Crippen LogP contribution in [0.25, 0.3) is 120 Å². The highest BCUT2D eigenvalue weighted by Crippen LogP contribution is 2.46. The van der Waals surface area contributed by atoms with Gasteiger partial charge in [0.1, 0.15) is 11.2 Å². The van der Waals surface area contributed by atoms with Gasteiger partial charge in [0.05, 0.1) is 0 Å². The van der Waals surface area contributed by atoms with Crippen LogP contribution in [0, 0.1) is 0 Å². The van der Waals surface area contributed by atoms with Gasteiger partial charge < -0.3 is 4.42 Å². The normalized spacial score (nSPS) is 12.0. The van der Waals surface area contributed by atoms with Crippen LogP contribution >= 0.6 is 0 Å². The van der Waals surface area contributed by atoms with Gasteiger partial charge in [0.15, 0.2) is 0 Å². The average Bonchev–Trinajstić information content (AvgIpc) is 3.65. The first-order valence-electron chi connectivity index (χ1n) is 19.0. The predicted molar refractivity (Wildman–Crippen MR) is 235 cm³/mol. The molecule has 12 rings (SSSR count). The van der Waals surface area contributed by atoms with Gasteiger partial charge in [-0.05, 0) is 105 Å². The summed E-state index contributed by atoms with van der Waals surface area (Å²) in [5.41, 5.74) is 9.34. The second-order valence-electron chi connectivity index (χ2n) is 14.7. The van der Waals surface area contributed by atoms with Crippen molar-refractivity contribution in [2.24, 2.45) is 0 Å². The molecular formula is C54H32O. The van der Waals surface area contributed by atoms with Crippen LogP contribution in [-0.2, 0) is 0 Å². The Morgan fingerprint density at radius 2 is 0.673 bits per heavy atom. The number of hydrogen-bond donors (Lipinski definition) is 0. The van der Waals surface area contributed by atoms with Crippen molar-refractivity contribution < 1.29 is 4.42 Å². The molecule has 0 aliphatic heterocycles. The molecule has 1 aromatic heterocycles. The summed E-state index contributed by atoms with van der Waals surface area (Å²) >= 11 is 0. The van der Waals surface area contributed by atoms with Crippen LogP contribution in [0.2, 0.25) is 0 Å². The topological polar surface area (TPSA) is 13.1 Å². The van der Waals surface area contributed by atoms with Crippen LogP contribution in [0.15, 0.2) is 199 Å². The van der Waals surface area contributed by atoms with E-state index in [1.807, 2.05) is 0 Å². The molecule has 11 aromatic carbocycles. The first kappa shape index (κ1) is 30.3. The lowest BCUT2D eigenvalue weighted by Gasteiger charge is -2.18. The van der Waals surface area contributed by atoms with Crippen LogP contribution < -0.4 is 0 Å². The third-order valence-corrected chi connectivity index (χ3v) is 11.8. The van der Waals surface area contributed by atoms with Gasteiger partial charge >= 0.3 is 0 Å². The molecule has 1 heterocycles. The Morgan fingerprint density at radius 3 is 1.36 bits per heavy atom. The van der Waals surface area contributed by atoms with Gasteiger partial charge in [0, 0.05) is 21.5 Å². The molecule has 1 heteroatoms. The highest BCUT2D eigenvalue weighted by molar-refractivity contribution is 6.33. The Balaban J connectivity index is 1.03. The maximum atomic E-state index is 6.86. The highest BCUT2D eigenvalue weighted by atomic mass is 16.3. The zero-order valence-electron chi connectivity index (χ0n) is 29.9. The van der Waals surface area contributed by atoms with E-state index in [9.17, 15) is 0 Å². The van der Waals surface area contributed by atoms with E-state index < -0.39 is 0 Å². The van der Waals surface area contributed by atoms with E-state index in [1.165, 1.54) is 92.6 Å². The first-order chi connectivity index (χ1) is 27.3. The standard InChI is InChI=1S/C54H32O/c1-2-13-35(14-3-1)50-42-18-8-10-20-44(42)51(45-21-11-9-19-43(45)50)36-24-22-33(23-25-36)37-27-28-40-46-30-31-48-47-29-26-34-12-4-5-15-38(34)53(47)55-54(48)52(46)41-17-7-6-16-39(41)49(40)32-37/h1-32H. The SMILES string of the molecule is c1ccc(-c2c3ccccc3c(-c3ccc(-c4ccc5c(c4)c4ccccc4c4c5ccc5c6ccc7ccccc7c6oc54)cc3)c3ccccc23)cc1. The summed E-state index contributed by atoms with van der Waals surface area (Å²) in [5, 5.41) is 17.1. The molecule has 0 atom stereocenters. The molecule has 0 aliphatic rings. The van der Waals surface area contributed by atoms with E-state index in [-0.39, 0.29) is 0 Å². The van der Waals surface area contributed by atoms with Crippen molar-refractivity contribution in [3.8, 4) is 33.4 Å². The third kappa shape index (κ3) is 4.41. The molecule has 0 amide bonds. The molecule has 0 radical (unpaired) electrons. The van der Waals surface area contributed by atoms with Crippen molar-refractivity contribution in [2.75, 3.05) is 0 Å². The van der Waals surface area contributed by atoms with E-state index in [2.05, 4.69) is 194 Å². The van der Waals surface area contributed by atoms with E-state index >= 15 is 0 Å². The van der Waals surface area contributed by atoms with Crippen molar-refractivity contribution in [3.63, 3.8) is 0 Å². The van der Waals surface area contributed by atoms with Crippen LogP contribution in [0.4, 0.5) is 0 Å². The molecule has 0 bridgehead atoms. The molecule has 0 N–H and O–H groups in total. The number of hydrogen-bond acceptors (Lipinski definition) is 1. The van der Waals surface area contributed by atoms with Crippen LogP contribution in [0.3, 0.4) is 0 Å². The maximum absolute atomic E-state index is 6.86. The number of benzene rings is 11. The van der Waals surface area contributed by atoms with Crippen molar-refractivity contribution in [3.05, 3.63) is 194 Å². The Kier molecular flexibility index (Phi) is 6.40. The van der Waals surface area contributed by atoms with Gasteiger partial charge in [-0.3, -0.25) is 0 Å². The van der Waals surface area contributed by atoms with Gasteiger partial charge in [-0.15, -0.1) is 0 Å². The molecule has 12 aromatic rings. The smallest absolute Gasteiger partial charge is 0.143 e. The van der Waals surface area contributed by atoms with Crippen molar-refractivity contribution in [1.29, 1.82) is 0 Å². The quantitative estimate of drug-likeness (QED) is 0.132. The lowest BCUT2D eigenvalue weighted by atomic mass is 9.85. The Morgan fingerprint density at radius 1 is 0.236 bits per heavy atom. The van der Waals surface area contributed by atoms with Gasteiger partial charge in [0.2, 0.25) is 0 Å². The second kappa shape index (κ2) is 11.6. The minimum atomic E-state index is 0.955. The lowest BCUT2D eigenvalue weighted by molar-refractivity contribution is 0.677. The van der Waals surface area contributed by atoms with Crippen molar-refractivity contribution in [1.82, 2.24) is 0 Å². The average molecular weight is 697 g/mol. The zero-order valence-corrected chi connectivity index (χ0v) is 29.9. The fraction of sp³-hybridized carbons (Fsp3) is 0. The Bertz CT molecular complexity index is 3440. The summed E-state index contributed by atoms with van der Waals surface area (Å²) in [7, 11) is 0. The molecule has 55 heavy (non-hydrogen) atoms. The van der Waals surface area contributed by atoms with Gasteiger partial charge in [-0.1, -0.05) is 176 Å². The summed E-state index contributed by atoms with van der Waals surface area (Å²) in [6, 6.07) is 70.9. The van der Waals surface area contributed by atoms with Crippen molar-refractivity contribution >= 4 is 86.6 Å². The summed E-state index contributed by atoms with van der Waals surface area (Å²) in [4.78, 5) is 0. The lowest BCUT2D eigenvalue weighted by Crippen LogP contribution is -1.90. The summed E-state index contributed by atoms with van der Waals surface area (Å²) in [6.07, 6.45) is 0. The van der Waals surface area contributed by atoms with E-state index in [4.69, 9.17) is 4.42 Å². The van der Waals surface area contributed by atoms with Gasteiger partial charge in [-0.2, -0.15) is 0 Å². The summed E-state index contributed by atoms with van der Waals surface area (Å²) in [5.74, 6) is 0. The minimum Gasteiger partial charge on any atom is -0.455 e. The number of rotatable bonds is 3. The fourth-order valence-electron chi connectivity index (χ4n) is 9.36. The number of furan rings is 1. The maximum Gasteiger partial charge on any atom is 0.143 e. The second-order valence-corrected chi connectivity index (χ2v) is 14.7. The van der Waals surface area contributed by atoms with Crippen molar-refractivity contribution in [2.45, 2.75) is 0 Å². The number of fused-ring (bicyclic) bond motifs is 14. The summed E-state index contributed by atoms with van der Waals surface area (Å²) in [6.45, 7) is 0. The molecule has 254 valence electrons. The first-order valence-corrected chi connectivity index (χ1v) is 19.0. The molecule has 1 nitrogen and oxygen atoms in total. The molecule has 0 saturated heterocycles. The minimum absolute atomic E-state index is 0.955. The van der Waals surface area contributed by atoms with Crippen LogP contribution in [-0.4, -0.2) is 0 Å². The molecule has 0 aliphatic carbocycles. The van der Waals surface area contributed by atoms with E-state index in [0.29, 0.717) is 0 Å². The fourth-order valence-corrected chi connectivity index (χ4v) is 9.36. The molecule has 0 fully saturated rings. The Labute approximate surface area is 317 Å². The Hall–Kier alpha value is -7.22. The monoisotopic (exact) mass is 696 g/mol. The van der Waals surface area contributed by atoms with Gasteiger partial charge in [-0.25, -0.2) is 0 Å². The predicted octanol–water partition coefficient (Wildman–Crippen LogP) is 15.5. The summed E-state index contributed by atoms with van der Waals surface area (Å²) < 4.78 is 6.86.